The maximum Gasteiger partial charge on any atom is 0.248 e. The molecule has 20 heavy (non-hydrogen) atoms. The topological polar surface area (TPSA) is 111 Å². The van der Waals surface area contributed by atoms with Crippen LogP contribution in [-0.2, 0) is 14.8 Å². The second-order valence-corrected chi connectivity index (χ2v) is 5.80. The monoisotopic (exact) mass is 301 g/mol. The van der Waals surface area contributed by atoms with Gasteiger partial charge in [0.05, 0.1) is 11.5 Å². The van der Waals surface area contributed by atoms with Crippen molar-refractivity contribution >= 4 is 15.9 Å². The molecule has 0 spiro atoms. The van der Waals surface area contributed by atoms with Gasteiger partial charge in [-0.15, -0.1) is 0 Å². The summed E-state index contributed by atoms with van der Waals surface area (Å²) in [6.07, 6.45) is 0. The highest BCUT2D eigenvalue weighted by Gasteiger charge is 2.14. The van der Waals surface area contributed by atoms with Crippen LogP contribution in [0.3, 0.4) is 0 Å². The normalized spacial score (nSPS) is 11.4. The van der Waals surface area contributed by atoms with E-state index in [1.54, 1.807) is 7.11 Å². The minimum Gasteiger partial charge on any atom is -0.383 e. The molecule has 0 radical (unpaired) electrons. The number of amides is 1. The third kappa shape index (κ3) is 5.25. The van der Waals surface area contributed by atoms with Gasteiger partial charge in [-0.1, -0.05) is 6.07 Å². The lowest BCUT2D eigenvalue weighted by molar-refractivity contribution is 0.1000. The molecule has 0 unspecified atom stereocenters. The third-order valence-corrected chi connectivity index (χ3v) is 3.96. The molecular weight excluding hydrogens is 282 g/mol. The van der Waals surface area contributed by atoms with Gasteiger partial charge in [0.1, 0.15) is 0 Å². The highest BCUT2D eigenvalue weighted by Crippen LogP contribution is 2.10. The van der Waals surface area contributed by atoms with Crippen LogP contribution in [0.5, 0.6) is 0 Å². The van der Waals surface area contributed by atoms with E-state index >= 15 is 0 Å². The molecule has 0 bridgehead atoms. The number of carbonyl (C=O) groups is 1. The lowest BCUT2D eigenvalue weighted by Crippen LogP contribution is -2.33. The lowest BCUT2D eigenvalue weighted by Gasteiger charge is -2.08. The quantitative estimate of drug-likeness (QED) is 0.522. The van der Waals surface area contributed by atoms with E-state index in [0.717, 1.165) is 0 Å². The fraction of sp³-hybridized carbons (Fsp3) is 0.417. The molecule has 0 atom stereocenters. The van der Waals surface area contributed by atoms with Gasteiger partial charge in [-0.2, -0.15) is 0 Å². The summed E-state index contributed by atoms with van der Waals surface area (Å²) >= 11 is 0. The molecule has 1 amide bonds. The van der Waals surface area contributed by atoms with Gasteiger partial charge in [-0.25, -0.2) is 13.1 Å². The van der Waals surface area contributed by atoms with Crippen LogP contribution in [-0.4, -0.2) is 47.7 Å². The maximum absolute atomic E-state index is 12.0. The summed E-state index contributed by atoms with van der Waals surface area (Å²) in [4.78, 5) is 11.0. The zero-order valence-corrected chi connectivity index (χ0v) is 12.1. The van der Waals surface area contributed by atoms with Crippen molar-refractivity contribution in [2.45, 2.75) is 4.90 Å². The van der Waals surface area contributed by atoms with Crippen LogP contribution in [0.1, 0.15) is 10.4 Å². The van der Waals surface area contributed by atoms with Gasteiger partial charge in [0.15, 0.2) is 0 Å². The van der Waals surface area contributed by atoms with Crippen LogP contribution >= 0.6 is 0 Å². The SMILES string of the molecule is COCCNCCNS(=O)(=O)c1cccc(C(N)=O)c1. The van der Waals surface area contributed by atoms with E-state index in [4.69, 9.17) is 10.5 Å². The van der Waals surface area contributed by atoms with Crippen LogP contribution in [0.15, 0.2) is 29.2 Å². The predicted octanol–water partition coefficient (Wildman–Crippen LogP) is -0.700. The molecule has 7 nitrogen and oxygen atoms in total. The van der Waals surface area contributed by atoms with E-state index in [1.165, 1.54) is 24.3 Å². The van der Waals surface area contributed by atoms with Crippen molar-refractivity contribution in [3.8, 4) is 0 Å². The van der Waals surface area contributed by atoms with Gasteiger partial charge in [-0.05, 0) is 18.2 Å². The van der Waals surface area contributed by atoms with E-state index in [0.29, 0.717) is 19.7 Å². The van der Waals surface area contributed by atoms with Gasteiger partial charge in [0, 0.05) is 32.3 Å². The van der Waals surface area contributed by atoms with Crippen LogP contribution in [0.4, 0.5) is 0 Å². The van der Waals surface area contributed by atoms with E-state index in [-0.39, 0.29) is 17.0 Å². The Labute approximate surface area is 118 Å². The van der Waals surface area contributed by atoms with Gasteiger partial charge in [0.2, 0.25) is 15.9 Å². The summed E-state index contributed by atoms with van der Waals surface area (Å²) in [5.74, 6) is -0.664. The summed E-state index contributed by atoms with van der Waals surface area (Å²) in [7, 11) is -2.04. The van der Waals surface area contributed by atoms with Crippen molar-refractivity contribution < 1.29 is 17.9 Å². The summed E-state index contributed by atoms with van der Waals surface area (Å²) in [6.45, 7) is 1.94. The van der Waals surface area contributed by atoms with Crippen molar-refractivity contribution in [3.63, 3.8) is 0 Å². The molecule has 4 N–H and O–H groups in total. The molecule has 1 rings (SSSR count). The number of nitrogens with one attached hydrogen (secondary N) is 2. The lowest BCUT2D eigenvalue weighted by atomic mass is 10.2. The number of benzene rings is 1. The molecule has 0 aliphatic rings. The predicted molar refractivity (Wildman–Crippen MR) is 74.9 cm³/mol. The van der Waals surface area contributed by atoms with Crippen LogP contribution in [0.2, 0.25) is 0 Å². The second-order valence-electron chi connectivity index (χ2n) is 4.03. The summed E-state index contributed by atoms with van der Waals surface area (Å²) < 4.78 is 31.2. The summed E-state index contributed by atoms with van der Waals surface area (Å²) in [5, 5.41) is 3.01. The van der Waals surface area contributed by atoms with E-state index in [2.05, 4.69) is 10.0 Å². The third-order valence-electron chi connectivity index (χ3n) is 2.51. The zero-order chi connectivity index (χ0) is 15.0. The van der Waals surface area contributed by atoms with Crippen LogP contribution < -0.4 is 15.8 Å². The Balaban J connectivity index is 2.56. The van der Waals surface area contributed by atoms with E-state index in [9.17, 15) is 13.2 Å². The van der Waals surface area contributed by atoms with Gasteiger partial charge >= 0.3 is 0 Å². The number of rotatable bonds is 9. The molecule has 0 aromatic heterocycles. The summed E-state index contributed by atoms with van der Waals surface area (Å²) in [5.41, 5.74) is 5.28. The number of primary amides is 1. The number of nitrogens with two attached hydrogens (primary N) is 1. The van der Waals surface area contributed by atoms with E-state index in [1.807, 2.05) is 0 Å². The minimum atomic E-state index is -3.64. The van der Waals surface area contributed by atoms with Crippen molar-refractivity contribution in [2.75, 3.05) is 33.4 Å². The molecule has 0 saturated heterocycles. The van der Waals surface area contributed by atoms with Crippen LogP contribution in [0.25, 0.3) is 0 Å². The Kier molecular flexibility index (Phi) is 6.59. The largest absolute Gasteiger partial charge is 0.383 e. The smallest absolute Gasteiger partial charge is 0.248 e. The Bertz CT molecular complexity index is 545. The number of carbonyl (C=O) groups excluding carboxylic acids is 1. The molecule has 8 heteroatoms. The molecule has 0 saturated carbocycles. The zero-order valence-electron chi connectivity index (χ0n) is 11.3. The molecule has 0 heterocycles. The Hall–Kier alpha value is -1.48. The standard InChI is InChI=1S/C12H19N3O4S/c1-19-8-7-14-5-6-15-20(17,18)11-4-2-3-10(9-11)12(13)16/h2-4,9,14-15H,5-8H2,1H3,(H2,13,16). The highest BCUT2D eigenvalue weighted by atomic mass is 32.2. The fourth-order valence-electron chi connectivity index (χ4n) is 1.47. The molecule has 112 valence electrons. The van der Waals surface area contributed by atoms with Gasteiger partial charge in [0.25, 0.3) is 0 Å². The minimum absolute atomic E-state index is 0.0192. The number of methoxy groups -OCH3 is 1. The summed E-state index contributed by atoms with van der Waals surface area (Å²) in [6, 6.07) is 5.61. The number of sulfonamides is 1. The average molecular weight is 301 g/mol. The average Bonchev–Trinajstić information content (AvgIpc) is 2.43. The molecule has 1 aromatic carbocycles. The van der Waals surface area contributed by atoms with Crippen molar-refractivity contribution in [1.82, 2.24) is 10.0 Å². The fourth-order valence-corrected chi connectivity index (χ4v) is 2.55. The maximum atomic E-state index is 12.0. The van der Waals surface area contributed by atoms with Crippen molar-refractivity contribution in [2.24, 2.45) is 5.73 Å². The first kappa shape index (κ1) is 16.6. The molecule has 0 aliphatic carbocycles. The van der Waals surface area contributed by atoms with Gasteiger partial charge in [-0.3, -0.25) is 4.79 Å². The number of ether oxygens (including phenoxy) is 1. The molecular formula is C12H19N3O4S. The molecule has 0 aliphatic heterocycles. The number of hydrogen-bond donors (Lipinski definition) is 3. The molecule has 1 aromatic rings. The van der Waals surface area contributed by atoms with E-state index < -0.39 is 15.9 Å². The van der Waals surface area contributed by atoms with Crippen molar-refractivity contribution in [3.05, 3.63) is 29.8 Å². The first-order chi connectivity index (χ1) is 9.47. The first-order valence-electron chi connectivity index (χ1n) is 6.06. The second kappa shape index (κ2) is 7.95. The van der Waals surface area contributed by atoms with Gasteiger partial charge < -0.3 is 15.8 Å². The van der Waals surface area contributed by atoms with Crippen molar-refractivity contribution in [1.29, 1.82) is 0 Å². The number of hydrogen-bond acceptors (Lipinski definition) is 5. The Morgan fingerprint density at radius 3 is 2.70 bits per heavy atom. The Morgan fingerprint density at radius 1 is 1.30 bits per heavy atom. The Morgan fingerprint density at radius 2 is 2.05 bits per heavy atom. The van der Waals surface area contributed by atoms with Crippen LogP contribution in [0, 0.1) is 0 Å². The highest BCUT2D eigenvalue weighted by molar-refractivity contribution is 7.89. The molecule has 0 fully saturated rings. The first-order valence-corrected chi connectivity index (χ1v) is 7.55.